The van der Waals surface area contributed by atoms with E-state index in [1.165, 1.54) is 6.20 Å². The largest absolute Gasteiger partial charge is 0.416 e. The number of aromatic nitrogens is 1. The Kier molecular flexibility index (Phi) is 4.56. The molecule has 0 saturated carbocycles. The Hall–Kier alpha value is -2.28. The molecule has 0 fully saturated rings. The van der Waals surface area contributed by atoms with Crippen LogP contribution in [0.4, 0.5) is 29.5 Å². The Morgan fingerprint density at radius 1 is 1.23 bits per heavy atom. The molecular weight excluding hydrogens is 319 g/mol. The van der Waals surface area contributed by atoms with Gasteiger partial charge in [0.15, 0.2) is 0 Å². The number of aryl methyl sites for hydroxylation is 1. The number of hydrogen-bond donors (Lipinski definition) is 2. The lowest BCUT2D eigenvalue weighted by molar-refractivity contribution is -0.137. The van der Waals surface area contributed by atoms with Gasteiger partial charge in [0.2, 0.25) is 0 Å². The fourth-order valence-electron chi connectivity index (χ4n) is 1.68. The summed E-state index contributed by atoms with van der Waals surface area (Å²) in [6, 6.07) is 5.39. The molecule has 0 aliphatic rings. The number of nitrogens with one attached hydrogen (secondary N) is 2. The van der Waals surface area contributed by atoms with Gasteiger partial charge in [0.25, 0.3) is 0 Å². The van der Waals surface area contributed by atoms with Gasteiger partial charge in [0.1, 0.15) is 5.82 Å². The van der Waals surface area contributed by atoms with Crippen molar-refractivity contribution in [3.63, 3.8) is 0 Å². The zero-order chi connectivity index (χ0) is 16.3. The van der Waals surface area contributed by atoms with E-state index >= 15 is 0 Å². The molecular formula is C14H11ClF3N3O. The van der Waals surface area contributed by atoms with E-state index in [-0.39, 0.29) is 10.7 Å². The lowest BCUT2D eigenvalue weighted by Gasteiger charge is -2.12. The highest BCUT2D eigenvalue weighted by Crippen LogP contribution is 2.33. The summed E-state index contributed by atoms with van der Waals surface area (Å²) < 4.78 is 38.0. The highest BCUT2D eigenvalue weighted by Gasteiger charge is 2.31. The number of carbonyl (C=O) groups is 1. The first-order chi connectivity index (χ1) is 10.3. The van der Waals surface area contributed by atoms with Gasteiger partial charge in [-0.05, 0) is 36.8 Å². The van der Waals surface area contributed by atoms with Crippen molar-refractivity contribution in [1.82, 2.24) is 4.98 Å². The standard InChI is InChI=1S/C14H11ClF3N3O/c1-8-3-2-6-19-12(8)21-13(22)20-11-7-9(14(16,17)18)4-5-10(11)15/h2-7H,1H3,(H2,19,20,21,22). The number of carbonyl (C=O) groups excluding carboxylic acids is 1. The summed E-state index contributed by atoms with van der Waals surface area (Å²) in [7, 11) is 0. The first-order valence-corrected chi connectivity index (χ1v) is 6.51. The number of benzene rings is 1. The van der Waals surface area contributed by atoms with Gasteiger partial charge < -0.3 is 5.32 Å². The molecule has 0 unspecified atom stereocenters. The normalized spacial score (nSPS) is 11.1. The number of nitrogens with zero attached hydrogens (tertiary/aromatic N) is 1. The zero-order valence-corrected chi connectivity index (χ0v) is 12.1. The minimum atomic E-state index is -4.52. The average Bonchev–Trinajstić information content (AvgIpc) is 2.42. The summed E-state index contributed by atoms with van der Waals surface area (Å²) >= 11 is 5.80. The highest BCUT2D eigenvalue weighted by atomic mass is 35.5. The van der Waals surface area contributed by atoms with E-state index < -0.39 is 17.8 Å². The molecule has 4 nitrogen and oxygen atoms in total. The summed E-state index contributed by atoms with van der Waals surface area (Å²) in [6.07, 6.45) is -3.03. The topological polar surface area (TPSA) is 54.0 Å². The number of anilines is 2. The van der Waals surface area contributed by atoms with E-state index in [0.717, 1.165) is 18.2 Å². The predicted octanol–water partition coefficient (Wildman–Crippen LogP) is 4.71. The van der Waals surface area contributed by atoms with E-state index in [9.17, 15) is 18.0 Å². The average molecular weight is 330 g/mol. The highest BCUT2D eigenvalue weighted by molar-refractivity contribution is 6.33. The molecule has 116 valence electrons. The van der Waals surface area contributed by atoms with Crippen LogP contribution in [-0.4, -0.2) is 11.0 Å². The fourth-order valence-corrected chi connectivity index (χ4v) is 1.84. The monoisotopic (exact) mass is 329 g/mol. The number of alkyl halides is 3. The van der Waals surface area contributed by atoms with Gasteiger partial charge >= 0.3 is 12.2 Å². The molecule has 0 radical (unpaired) electrons. The van der Waals surface area contributed by atoms with E-state index in [1.807, 2.05) is 0 Å². The van der Waals surface area contributed by atoms with Crippen molar-refractivity contribution in [3.05, 3.63) is 52.7 Å². The van der Waals surface area contributed by atoms with Gasteiger partial charge in [-0.15, -0.1) is 0 Å². The molecule has 2 aromatic rings. The Labute approximate surface area is 129 Å². The Bertz CT molecular complexity index is 704. The van der Waals surface area contributed by atoms with Crippen molar-refractivity contribution in [2.24, 2.45) is 0 Å². The lowest BCUT2D eigenvalue weighted by atomic mass is 10.2. The van der Waals surface area contributed by atoms with E-state index in [1.54, 1.807) is 19.1 Å². The molecule has 0 bridgehead atoms. The Morgan fingerprint density at radius 3 is 2.59 bits per heavy atom. The van der Waals surface area contributed by atoms with Crippen LogP contribution in [0.25, 0.3) is 0 Å². The van der Waals surface area contributed by atoms with Crippen molar-refractivity contribution in [2.75, 3.05) is 10.6 Å². The van der Waals surface area contributed by atoms with E-state index in [4.69, 9.17) is 11.6 Å². The van der Waals surface area contributed by atoms with Crippen LogP contribution in [0.1, 0.15) is 11.1 Å². The van der Waals surface area contributed by atoms with Gasteiger partial charge in [-0.3, -0.25) is 5.32 Å². The molecule has 8 heteroatoms. The maximum Gasteiger partial charge on any atom is 0.416 e. The Balaban J connectivity index is 2.17. The van der Waals surface area contributed by atoms with Crippen molar-refractivity contribution < 1.29 is 18.0 Å². The zero-order valence-electron chi connectivity index (χ0n) is 11.3. The number of hydrogen-bond acceptors (Lipinski definition) is 2. The molecule has 1 aromatic heterocycles. The van der Waals surface area contributed by atoms with Crippen molar-refractivity contribution in [2.45, 2.75) is 13.1 Å². The van der Waals surface area contributed by atoms with Crippen LogP contribution in [0.2, 0.25) is 5.02 Å². The minimum Gasteiger partial charge on any atom is -0.306 e. The number of halogens is 4. The molecule has 1 aromatic carbocycles. The van der Waals surface area contributed by atoms with Gasteiger partial charge in [-0.1, -0.05) is 17.7 Å². The van der Waals surface area contributed by atoms with E-state index in [2.05, 4.69) is 15.6 Å². The van der Waals surface area contributed by atoms with Crippen molar-refractivity contribution >= 4 is 29.1 Å². The Morgan fingerprint density at radius 2 is 1.95 bits per heavy atom. The molecule has 0 aliphatic heterocycles. The second-order valence-corrected chi connectivity index (χ2v) is 4.85. The van der Waals surface area contributed by atoms with Crippen LogP contribution < -0.4 is 10.6 Å². The second kappa shape index (κ2) is 6.23. The maximum atomic E-state index is 12.7. The quantitative estimate of drug-likeness (QED) is 0.838. The molecule has 0 spiro atoms. The van der Waals surface area contributed by atoms with Crippen LogP contribution in [0, 0.1) is 6.92 Å². The molecule has 0 atom stereocenters. The van der Waals surface area contributed by atoms with Gasteiger partial charge in [0, 0.05) is 6.20 Å². The molecule has 0 saturated heterocycles. The minimum absolute atomic E-state index is 0.000827. The van der Waals surface area contributed by atoms with Crippen LogP contribution in [0.15, 0.2) is 36.5 Å². The molecule has 1 heterocycles. The number of rotatable bonds is 2. The first-order valence-electron chi connectivity index (χ1n) is 6.14. The SMILES string of the molecule is Cc1cccnc1NC(=O)Nc1cc(C(F)(F)F)ccc1Cl. The molecule has 2 N–H and O–H groups in total. The van der Waals surface area contributed by atoms with Gasteiger partial charge in [0.05, 0.1) is 16.3 Å². The fraction of sp³-hybridized carbons (Fsp3) is 0.143. The lowest BCUT2D eigenvalue weighted by Crippen LogP contribution is -2.21. The summed E-state index contributed by atoms with van der Waals surface area (Å²) in [6.45, 7) is 1.74. The molecule has 2 rings (SSSR count). The van der Waals surface area contributed by atoms with Crippen molar-refractivity contribution in [3.8, 4) is 0 Å². The van der Waals surface area contributed by atoms with Gasteiger partial charge in [-0.2, -0.15) is 13.2 Å². The molecule has 22 heavy (non-hydrogen) atoms. The molecule has 0 aliphatic carbocycles. The van der Waals surface area contributed by atoms with Crippen LogP contribution in [0.5, 0.6) is 0 Å². The van der Waals surface area contributed by atoms with Crippen LogP contribution in [0.3, 0.4) is 0 Å². The summed E-state index contributed by atoms with van der Waals surface area (Å²) in [4.78, 5) is 15.8. The van der Waals surface area contributed by atoms with Crippen molar-refractivity contribution in [1.29, 1.82) is 0 Å². The van der Waals surface area contributed by atoms with Gasteiger partial charge in [-0.25, -0.2) is 9.78 Å². The third-order valence-electron chi connectivity index (χ3n) is 2.78. The number of urea groups is 1. The number of pyridine rings is 1. The molecule has 2 amide bonds. The third-order valence-corrected chi connectivity index (χ3v) is 3.11. The van der Waals surface area contributed by atoms with Crippen LogP contribution in [-0.2, 0) is 6.18 Å². The smallest absolute Gasteiger partial charge is 0.306 e. The second-order valence-electron chi connectivity index (χ2n) is 4.44. The van der Waals surface area contributed by atoms with E-state index in [0.29, 0.717) is 11.4 Å². The summed E-state index contributed by atoms with van der Waals surface area (Å²) in [5.74, 6) is 0.308. The first kappa shape index (κ1) is 16.1. The predicted molar refractivity (Wildman–Crippen MR) is 78.1 cm³/mol. The third kappa shape index (κ3) is 3.88. The summed E-state index contributed by atoms with van der Waals surface area (Å²) in [5, 5.41) is 4.72. The summed E-state index contributed by atoms with van der Waals surface area (Å²) in [5.41, 5.74) is -0.323. The maximum absolute atomic E-state index is 12.7. The number of amides is 2. The van der Waals surface area contributed by atoms with Crippen LogP contribution >= 0.6 is 11.6 Å².